The van der Waals surface area contributed by atoms with Crippen LogP contribution in [-0.2, 0) is 4.74 Å². The summed E-state index contributed by atoms with van der Waals surface area (Å²) < 4.78 is 12.3. The van der Waals surface area contributed by atoms with Gasteiger partial charge in [-0.15, -0.1) is 0 Å². The first-order valence-corrected chi connectivity index (χ1v) is 11.5. The molecule has 0 spiro atoms. The van der Waals surface area contributed by atoms with Crippen LogP contribution < -0.4 is 10.3 Å². The molecule has 3 heterocycles. The number of para-hydroxylation sites is 2. The van der Waals surface area contributed by atoms with Gasteiger partial charge in [0, 0.05) is 32.2 Å². The van der Waals surface area contributed by atoms with Gasteiger partial charge in [-0.2, -0.15) is 0 Å². The standard InChI is InChI=1S/C24H23N3O4S/c28-19-16-21(31-20-8-3-1-6-17(19)20)23(29)27(11-5-10-26-12-14-30-15-13-26)24-25-18-7-2-4-9-22(18)32-24/h1-4,6-9,16H,5,10-15H2. The van der Waals surface area contributed by atoms with Crippen LogP contribution in [0.3, 0.4) is 0 Å². The molecule has 1 aliphatic heterocycles. The van der Waals surface area contributed by atoms with Crippen LogP contribution >= 0.6 is 11.3 Å². The zero-order valence-electron chi connectivity index (χ0n) is 17.5. The van der Waals surface area contributed by atoms with Crippen molar-refractivity contribution < 1.29 is 13.9 Å². The number of fused-ring (bicyclic) bond motifs is 2. The number of aromatic nitrogens is 1. The lowest BCUT2D eigenvalue weighted by Crippen LogP contribution is -2.39. The molecule has 0 atom stereocenters. The van der Waals surface area contributed by atoms with Crippen LogP contribution in [0.5, 0.6) is 0 Å². The van der Waals surface area contributed by atoms with E-state index in [1.807, 2.05) is 24.3 Å². The van der Waals surface area contributed by atoms with E-state index < -0.39 is 0 Å². The van der Waals surface area contributed by atoms with Gasteiger partial charge >= 0.3 is 0 Å². The number of amides is 1. The number of carbonyl (C=O) groups excluding carboxylic acids is 1. The van der Waals surface area contributed by atoms with E-state index in [1.165, 1.54) is 17.4 Å². The number of hydrogen-bond donors (Lipinski definition) is 0. The second-order valence-corrected chi connectivity index (χ2v) is 8.71. The fourth-order valence-corrected chi connectivity index (χ4v) is 4.87. The molecule has 0 radical (unpaired) electrons. The molecular weight excluding hydrogens is 426 g/mol. The highest BCUT2D eigenvalue weighted by molar-refractivity contribution is 7.22. The van der Waals surface area contributed by atoms with Gasteiger partial charge in [0.25, 0.3) is 5.91 Å². The number of nitrogens with zero attached hydrogens (tertiary/aromatic N) is 3. The molecule has 7 nitrogen and oxygen atoms in total. The lowest BCUT2D eigenvalue weighted by atomic mass is 10.2. The molecule has 4 aromatic rings. The number of thiazole rings is 1. The van der Waals surface area contributed by atoms with Gasteiger partial charge < -0.3 is 9.15 Å². The van der Waals surface area contributed by atoms with Crippen molar-refractivity contribution in [1.29, 1.82) is 0 Å². The Balaban J connectivity index is 1.45. The number of ether oxygens (including phenoxy) is 1. The van der Waals surface area contributed by atoms with Crippen molar-refractivity contribution in [3.63, 3.8) is 0 Å². The lowest BCUT2D eigenvalue weighted by molar-refractivity contribution is 0.0376. The highest BCUT2D eigenvalue weighted by atomic mass is 32.1. The summed E-state index contributed by atoms with van der Waals surface area (Å²) in [6, 6.07) is 16.1. The van der Waals surface area contributed by atoms with Gasteiger partial charge in [-0.1, -0.05) is 35.6 Å². The summed E-state index contributed by atoms with van der Waals surface area (Å²) in [6.07, 6.45) is 0.777. The average molecular weight is 450 g/mol. The predicted octanol–water partition coefficient (Wildman–Crippen LogP) is 3.77. The third kappa shape index (κ3) is 4.29. The fourth-order valence-electron chi connectivity index (χ4n) is 3.88. The van der Waals surface area contributed by atoms with Gasteiger partial charge in [0.1, 0.15) is 5.58 Å². The summed E-state index contributed by atoms with van der Waals surface area (Å²) in [7, 11) is 0. The Morgan fingerprint density at radius 1 is 1.09 bits per heavy atom. The van der Waals surface area contributed by atoms with Crippen LogP contribution in [0.4, 0.5) is 5.13 Å². The number of carbonyl (C=O) groups is 1. The Kier molecular flexibility index (Phi) is 5.98. The van der Waals surface area contributed by atoms with Gasteiger partial charge in [-0.3, -0.25) is 19.4 Å². The second-order valence-electron chi connectivity index (χ2n) is 7.70. The van der Waals surface area contributed by atoms with Crippen LogP contribution in [0.25, 0.3) is 21.2 Å². The predicted molar refractivity (Wildman–Crippen MR) is 126 cm³/mol. The third-order valence-electron chi connectivity index (χ3n) is 5.56. The monoisotopic (exact) mass is 449 g/mol. The third-order valence-corrected chi connectivity index (χ3v) is 6.62. The minimum atomic E-state index is -0.353. The van der Waals surface area contributed by atoms with Crippen LogP contribution in [-0.4, -0.2) is 55.2 Å². The first-order valence-electron chi connectivity index (χ1n) is 10.7. The van der Waals surface area contributed by atoms with Crippen molar-refractivity contribution in [3.05, 3.63) is 70.6 Å². The molecule has 164 valence electrons. The summed E-state index contributed by atoms with van der Waals surface area (Å²) in [5.74, 6) is -0.326. The van der Waals surface area contributed by atoms with Crippen molar-refractivity contribution >= 4 is 43.6 Å². The number of morpholine rings is 1. The van der Waals surface area contributed by atoms with E-state index in [0.717, 1.165) is 49.5 Å². The Labute approximate surface area is 188 Å². The molecular formula is C24H23N3O4S. The van der Waals surface area contributed by atoms with Gasteiger partial charge in [0.15, 0.2) is 16.3 Å². The van der Waals surface area contributed by atoms with Gasteiger partial charge in [-0.25, -0.2) is 4.98 Å². The number of anilines is 1. The highest BCUT2D eigenvalue weighted by Gasteiger charge is 2.24. The van der Waals surface area contributed by atoms with Crippen LogP contribution in [0.2, 0.25) is 0 Å². The van der Waals surface area contributed by atoms with E-state index in [2.05, 4.69) is 9.88 Å². The summed E-state index contributed by atoms with van der Waals surface area (Å²) in [4.78, 5) is 34.7. The molecule has 5 rings (SSSR count). The first-order chi connectivity index (χ1) is 15.7. The molecule has 0 saturated carbocycles. The summed E-state index contributed by atoms with van der Waals surface area (Å²) in [5, 5.41) is 1.07. The zero-order chi connectivity index (χ0) is 21.9. The minimum absolute atomic E-state index is 0.0272. The molecule has 8 heteroatoms. The highest BCUT2D eigenvalue weighted by Crippen LogP contribution is 2.30. The normalized spacial score (nSPS) is 14.8. The van der Waals surface area contributed by atoms with E-state index in [1.54, 1.807) is 29.2 Å². The maximum atomic E-state index is 13.5. The van der Waals surface area contributed by atoms with E-state index in [9.17, 15) is 9.59 Å². The molecule has 2 aromatic heterocycles. The van der Waals surface area contributed by atoms with Crippen molar-refractivity contribution in [1.82, 2.24) is 9.88 Å². The lowest BCUT2D eigenvalue weighted by Gasteiger charge is -2.27. The average Bonchev–Trinajstić information content (AvgIpc) is 3.26. The number of hydrogen-bond acceptors (Lipinski definition) is 7. The van der Waals surface area contributed by atoms with Crippen LogP contribution in [0.1, 0.15) is 17.0 Å². The van der Waals surface area contributed by atoms with Crippen molar-refractivity contribution in [2.24, 2.45) is 0 Å². The quantitative estimate of drug-likeness (QED) is 0.446. The van der Waals surface area contributed by atoms with E-state index in [4.69, 9.17) is 9.15 Å². The fraction of sp³-hybridized carbons (Fsp3) is 0.292. The van der Waals surface area contributed by atoms with Crippen molar-refractivity contribution in [3.8, 4) is 0 Å². The van der Waals surface area contributed by atoms with E-state index in [-0.39, 0.29) is 17.1 Å². The van der Waals surface area contributed by atoms with Gasteiger partial charge in [0.05, 0.1) is 28.8 Å². The van der Waals surface area contributed by atoms with Crippen LogP contribution in [0.15, 0.2) is 63.8 Å². The summed E-state index contributed by atoms with van der Waals surface area (Å²) in [5.41, 5.74) is 1.02. The zero-order valence-corrected chi connectivity index (χ0v) is 18.3. The molecule has 1 amide bonds. The molecule has 0 aliphatic carbocycles. The molecule has 0 N–H and O–H groups in total. The Bertz CT molecular complexity index is 1280. The molecule has 1 aliphatic rings. The summed E-state index contributed by atoms with van der Waals surface area (Å²) >= 11 is 1.46. The molecule has 0 bridgehead atoms. The summed E-state index contributed by atoms with van der Waals surface area (Å²) in [6.45, 7) is 4.61. The Morgan fingerprint density at radius 2 is 1.88 bits per heavy atom. The van der Waals surface area contributed by atoms with Gasteiger partial charge in [-0.05, 0) is 30.7 Å². The minimum Gasteiger partial charge on any atom is -0.451 e. The molecule has 1 saturated heterocycles. The molecule has 0 unspecified atom stereocenters. The van der Waals surface area contributed by atoms with Crippen molar-refractivity contribution in [2.45, 2.75) is 6.42 Å². The van der Waals surface area contributed by atoms with E-state index >= 15 is 0 Å². The molecule has 1 fully saturated rings. The number of rotatable bonds is 6. The maximum Gasteiger partial charge on any atom is 0.295 e. The molecule has 2 aromatic carbocycles. The van der Waals surface area contributed by atoms with Crippen molar-refractivity contribution in [2.75, 3.05) is 44.3 Å². The first kappa shape index (κ1) is 20.8. The topological polar surface area (TPSA) is 75.9 Å². The molecule has 32 heavy (non-hydrogen) atoms. The largest absolute Gasteiger partial charge is 0.451 e. The maximum absolute atomic E-state index is 13.5. The Morgan fingerprint density at radius 3 is 2.72 bits per heavy atom. The van der Waals surface area contributed by atoms with Gasteiger partial charge in [0.2, 0.25) is 0 Å². The smallest absolute Gasteiger partial charge is 0.295 e. The Hall–Kier alpha value is -3.07. The van der Waals surface area contributed by atoms with E-state index in [0.29, 0.717) is 22.6 Å². The van der Waals surface area contributed by atoms with Crippen LogP contribution in [0, 0.1) is 0 Å². The second kappa shape index (κ2) is 9.20. The SMILES string of the molecule is O=C(c1cc(=O)c2ccccc2o1)N(CCCN1CCOCC1)c1nc2ccccc2s1. The number of benzene rings is 2.